The van der Waals surface area contributed by atoms with Gasteiger partial charge in [0.25, 0.3) is 0 Å². The van der Waals surface area contributed by atoms with Crippen molar-refractivity contribution in [2.24, 2.45) is 0 Å². The van der Waals surface area contributed by atoms with E-state index in [1.165, 1.54) is 0 Å². The Morgan fingerprint density at radius 2 is 2.22 bits per heavy atom. The van der Waals surface area contributed by atoms with Crippen LogP contribution in [0.2, 0.25) is 5.02 Å². The Kier molecular flexibility index (Phi) is 4.14. The Balaban J connectivity index is 1.93. The number of phenolic OH excluding ortho intramolecular Hbond substituents is 1. The Labute approximate surface area is 112 Å². The van der Waals surface area contributed by atoms with Gasteiger partial charge in [0.2, 0.25) is 0 Å². The molecule has 18 heavy (non-hydrogen) atoms. The molecule has 0 spiro atoms. The van der Waals surface area contributed by atoms with Crippen molar-refractivity contribution < 1.29 is 13.5 Å². The average Bonchev–Trinajstić information content (AvgIpc) is 2.62. The van der Waals surface area contributed by atoms with Crippen LogP contribution in [0.5, 0.6) is 5.75 Å². The highest BCUT2D eigenvalue weighted by Gasteiger charge is 2.30. The van der Waals surface area contributed by atoms with Crippen LogP contribution in [0.1, 0.15) is 18.4 Å². The minimum atomic E-state index is -2.92. The van der Waals surface area contributed by atoms with E-state index in [1.807, 2.05) is 0 Å². The van der Waals surface area contributed by atoms with Gasteiger partial charge in [-0.25, -0.2) is 8.42 Å². The molecule has 0 aliphatic carbocycles. The summed E-state index contributed by atoms with van der Waals surface area (Å²) in [5.74, 6) is 0.417. The van der Waals surface area contributed by atoms with Crippen molar-refractivity contribution in [3.8, 4) is 5.75 Å². The third kappa shape index (κ3) is 2.96. The molecule has 100 valence electrons. The lowest BCUT2D eigenvalue weighted by Gasteiger charge is -2.12. The predicted octanol–water partition coefficient (Wildman–Crippen LogP) is 1.71. The fourth-order valence-electron chi connectivity index (χ4n) is 2.17. The summed E-state index contributed by atoms with van der Waals surface area (Å²) in [5, 5.41) is 12.9. The maximum atomic E-state index is 11.6. The van der Waals surface area contributed by atoms with Crippen molar-refractivity contribution in [3.63, 3.8) is 0 Å². The standard InChI is InChI=1S/C12H16ClNO3S/c13-11-4-1-5-12(15)10(11)8-14-7-9-3-2-6-18(9,16)17/h1,4-5,9,14-15H,2-3,6-8H2. The van der Waals surface area contributed by atoms with Gasteiger partial charge in [-0.2, -0.15) is 0 Å². The molecule has 2 N–H and O–H groups in total. The van der Waals surface area contributed by atoms with Crippen molar-refractivity contribution in [2.45, 2.75) is 24.6 Å². The largest absolute Gasteiger partial charge is 0.508 e. The van der Waals surface area contributed by atoms with Crippen LogP contribution >= 0.6 is 11.6 Å². The summed E-state index contributed by atoms with van der Waals surface area (Å²) in [6, 6.07) is 4.93. The van der Waals surface area contributed by atoms with E-state index in [0.717, 1.165) is 6.42 Å². The quantitative estimate of drug-likeness (QED) is 0.886. The van der Waals surface area contributed by atoms with Gasteiger partial charge in [-0.1, -0.05) is 17.7 Å². The van der Waals surface area contributed by atoms with Gasteiger partial charge in [0, 0.05) is 23.7 Å². The molecule has 1 atom stereocenters. The van der Waals surface area contributed by atoms with Crippen LogP contribution in [0.15, 0.2) is 18.2 Å². The number of halogens is 1. The third-order valence-electron chi connectivity index (χ3n) is 3.23. The van der Waals surface area contributed by atoms with E-state index in [1.54, 1.807) is 18.2 Å². The van der Waals surface area contributed by atoms with Crippen LogP contribution in [0.3, 0.4) is 0 Å². The number of aromatic hydroxyl groups is 1. The highest BCUT2D eigenvalue weighted by atomic mass is 35.5. The number of hydrogen-bond donors (Lipinski definition) is 2. The first-order valence-electron chi connectivity index (χ1n) is 5.89. The van der Waals surface area contributed by atoms with Gasteiger partial charge < -0.3 is 10.4 Å². The maximum Gasteiger partial charge on any atom is 0.154 e. The lowest BCUT2D eigenvalue weighted by molar-refractivity contribution is 0.464. The molecule has 1 fully saturated rings. The zero-order valence-electron chi connectivity index (χ0n) is 9.89. The summed E-state index contributed by atoms with van der Waals surface area (Å²) >= 11 is 5.96. The van der Waals surface area contributed by atoms with Gasteiger partial charge in [-0.05, 0) is 25.0 Å². The number of nitrogens with one attached hydrogen (secondary N) is 1. The molecule has 1 saturated heterocycles. The van der Waals surface area contributed by atoms with Gasteiger partial charge in [-0.15, -0.1) is 0 Å². The molecule has 0 amide bonds. The Morgan fingerprint density at radius 3 is 2.83 bits per heavy atom. The SMILES string of the molecule is O=S1(=O)CCCC1CNCc1c(O)cccc1Cl. The molecular weight excluding hydrogens is 274 g/mol. The highest BCUT2D eigenvalue weighted by molar-refractivity contribution is 7.92. The lowest BCUT2D eigenvalue weighted by Crippen LogP contribution is -2.30. The second kappa shape index (κ2) is 5.47. The summed E-state index contributed by atoms with van der Waals surface area (Å²) in [4.78, 5) is 0. The minimum Gasteiger partial charge on any atom is -0.508 e. The molecular formula is C12H16ClNO3S. The molecule has 0 saturated carbocycles. The van der Waals surface area contributed by atoms with Crippen molar-refractivity contribution in [1.82, 2.24) is 5.32 Å². The summed E-state index contributed by atoms with van der Waals surface area (Å²) in [6.07, 6.45) is 1.45. The van der Waals surface area contributed by atoms with Crippen LogP contribution in [-0.4, -0.2) is 31.1 Å². The molecule has 1 aromatic carbocycles. The Bertz CT molecular complexity index is 510. The first-order chi connectivity index (χ1) is 8.50. The molecule has 1 aromatic rings. The van der Waals surface area contributed by atoms with Crippen LogP contribution < -0.4 is 5.32 Å². The second-order valence-electron chi connectivity index (χ2n) is 4.50. The fraction of sp³-hybridized carbons (Fsp3) is 0.500. The maximum absolute atomic E-state index is 11.6. The van der Waals surface area contributed by atoms with Crippen LogP contribution in [-0.2, 0) is 16.4 Å². The number of hydrogen-bond acceptors (Lipinski definition) is 4. The first-order valence-corrected chi connectivity index (χ1v) is 7.98. The Hall–Kier alpha value is -0.780. The van der Waals surface area contributed by atoms with Gasteiger partial charge in [0.05, 0.1) is 11.0 Å². The first kappa shape index (κ1) is 13.6. The molecule has 0 bridgehead atoms. The third-order valence-corrected chi connectivity index (χ3v) is 5.86. The normalized spacial score (nSPS) is 22.2. The zero-order chi connectivity index (χ0) is 13.2. The predicted molar refractivity (Wildman–Crippen MR) is 71.6 cm³/mol. The smallest absolute Gasteiger partial charge is 0.154 e. The highest BCUT2D eigenvalue weighted by Crippen LogP contribution is 2.25. The summed E-state index contributed by atoms with van der Waals surface area (Å²) in [5.41, 5.74) is 0.606. The van der Waals surface area contributed by atoms with Crippen molar-refractivity contribution in [1.29, 1.82) is 0 Å². The summed E-state index contributed by atoms with van der Waals surface area (Å²) in [7, 11) is -2.92. The molecule has 6 heteroatoms. The van der Waals surface area contributed by atoms with Crippen molar-refractivity contribution in [3.05, 3.63) is 28.8 Å². The van der Waals surface area contributed by atoms with Crippen LogP contribution in [0.4, 0.5) is 0 Å². The number of rotatable bonds is 4. The van der Waals surface area contributed by atoms with E-state index < -0.39 is 9.84 Å². The van der Waals surface area contributed by atoms with Crippen LogP contribution in [0.25, 0.3) is 0 Å². The number of sulfone groups is 1. The molecule has 0 aromatic heterocycles. The molecule has 1 aliphatic rings. The molecule has 0 radical (unpaired) electrons. The van der Waals surface area contributed by atoms with Gasteiger partial charge in [0.1, 0.15) is 5.75 Å². The molecule has 1 aliphatic heterocycles. The second-order valence-corrected chi connectivity index (χ2v) is 7.31. The van der Waals surface area contributed by atoms with E-state index in [9.17, 15) is 13.5 Å². The number of phenols is 1. The monoisotopic (exact) mass is 289 g/mol. The van der Waals surface area contributed by atoms with E-state index in [4.69, 9.17) is 11.6 Å². The van der Waals surface area contributed by atoms with E-state index in [-0.39, 0.29) is 16.8 Å². The van der Waals surface area contributed by atoms with Crippen molar-refractivity contribution >= 4 is 21.4 Å². The molecule has 2 rings (SSSR count). The lowest BCUT2D eigenvalue weighted by atomic mass is 10.2. The summed E-state index contributed by atoms with van der Waals surface area (Å²) < 4.78 is 23.2. The van der Waals surface area contributed by atoms with Crippen LogP contribution in [0, 0.1) is 0 Å². The topological polar surface area (TPSA) is 66.4 Å². The summed E-state index contributed by atoms with van der Waals surface area (Å²) in [6.45, 7) is 0.782. The fourth-order valence-corrected chi connectivity index (χ4v) is 4.20. The van der Waals surface area contributed by atoms with E-state index >= 15 is 0 Å². The van der Waals surface area contributed by atoms with Gasteiger partial charge in [-0.3, -0.25) is 0 Å². The van der Waals surface area contributed by atoms with Gasteiger partial charge in [0.15, 0.2) is 9.84 Å². The zero-order valence-corrected chi connectivity index (χ0v) is 11.5. The van der Waals surface area contributed by atoms with Gasteiger partial charge >= 0.3 is 0 Å². The molecule has 1 heterocycles. The number of benzene rings is 1. The van der Waals surface area contributed by atoms with E-state index in [0.29, 0.717) is 30.1 Å². The van der Waals surface area contributed by atoms with E-state index in [2.05, 4.69) is 5.32 Å². The van der Waals surface area contributed by atoms with Crippen molar-refractivity contribution in [2.75, 3.05) is 12.3 Å². The minimum absolute atomic E-state index is 0.129. The Morgan fingerprint density at radius 1 is 1.44 bits per heavy atom. The molecule has 1 unspecified atom stereocenters. The molecule has 4 nitrogen and oxygen atoms in total. The average molecular weight is 290 g/mol.